The lowest BCUT2D eigenvalue weighted by atomic mass is 9.91. The fourth-order valence-electron chi connectivity index (χ4n) is 1.86. The molecule has 6 heteroatoms. The van der Waals surface area contributed by atoms with Gasteiger partial charge in [0.1, 0.15) is 5.15 Å². The standard InChI is InChI=1S/C15H19ClN4O/c1-15(2,3)12-7-10(8-13(16)19-12)14(21)17-9-11-5-6-18-20(11)4/h5-8H,9H2,1-4H3,(H,17,21). The largest absolute Gasteiger partial charge is 0.346 e. The second kappa shape index (κ2) is 5.85. The third-order valence-corrected chi connectivity index (χ3v) is 3.37. The molecule has 2 rings (SSSR count). The topological polar surface area (TPSA) is 59.8 Å². The molecule has 0 saturated carbocycles. The molecule has 2 aromatic rings. The van der Waals surface area contributed by atoms with E-state index >= 15 is 0 Å². The molecule has 0 saturated heterocycles. The number of halogens is 1. The summed E-state index contributed by atoms with van der Waals surface area (Å²) in [5, 5.41) is 7.25. The first kappa shape index (κ1) is 15.5. The van der Waals surface area contributed by atoms with E-state index < -0.39 is 0 Å². The van der Waals surface area contributed by atoms with Crippen molar-refractivity contribution in [2.45, 2.75) is 32.7 Å². The molecule has 0 fully saturated rings. The van der Waals surface area contributed by atoms with E-state index in [0.717, 1.165) is 11.4 Å². The third-order valence-electron chi connectivity index (χ3n) is 3.18. The van der Waals surface area contributed by atoms with Crippen LogP contribution in [0.5, 0.6) is 0 Å². The van der Waals surface area contributed by atoms with Crippen LogP contribution in [0.4, 0.5) is 0 Å². The van der Waals surface area contributed by atoms with Crippen LogP contribution in [0.25, 0.3) is 0 Å². The van der Waals surface area contributed by atoms with Gasteiger partial charge in [-0.1, -0.05) is 32.4 Å². The Bertz CT molecular complexity index is 658. The summed E-state index contributed by atoms with van der Waals surface area (Å²) in [5.41, 5.74) is 2.07. The van der Waals surface area contributed by atoms with Gasteiger partial charge in [0.05, 0.1) is 12.2 Å². The van der Waals surface area contributed by atoms with Crippen LogP contribution in [0.3, 0.4) is 0 Å². The van der Waals surface area contributed by atoms with Gasteiger partial charge in [0.2, 0.25) is 0 Å². The monoisotopic (exact) mass is 306 g/mol. The Labute approximate surface area is 129 Å². The van der Waals surface area contributed by atoms with Crippen molar-refractivity contribution in [3.8, 4) is 0 Å². The molecular weight excluding hydrogens is 288 g/mol. The van der Waals surface area contributed by atoms with Crippen molar-refractivity contribution < 1.29 is 4.79 Å². The number of nitrogens with one attached hydrogen (secondary N) is 1. The molecular formula is C15H19ClN4O. The average molecular weight is 307 g/mol. The quantitative estimate of drug-likeness (QED) is 0.887. The number of amides is 1. The van der Waals surface area contributed by atoms with Crippen LogP contribution >= 0.6 is 11.6 Å². The lowest BCUT2D eigenvalue weighted by Gasteiger charge is -2.18. The van der Waals surface area contributed by atoms with Gasteiger partial charge in [-0.05, 0) is 18.2 Å². The Morgan fingerprint density at radius 1 is 1.38 bits per heavy atom. The van der Waals surface area contributed by atoms with Crippen LogP contribution in [0.1, 0.15) is 42.5 Å². The van der Waals surface area contributed by atoms with E-state index in [1.165, 1.54) is 0 Å². The molecule has 0 atom stereocenters. The highest BCUT2D eigenvalue weighted by molar-refractivity contribution is 6.29. The maximum Gasteiger partial charge on any atom is 0.251 e. The minimum Gasteiger partial charge on any atom is -0.346 e. The zero-order chi connectivity index (χ0) is 15.6. The molecule has 0 aromatic carbocycles. The maximum absolute atomic E-state index is 12.3. The van der Waals surface area contributed by atoms with Gasteiger partial charge < -0.3 is 5.32 Å². The minimum atomic E-state index is -0.175. The molecule has 0 bridgehead atoms. The second-order valence-corrected chi connectivity index (χ2v) is 6.33. The van der Waals surface area contributed by atoms with Gasteiger partial charge in [-0.15, -0.1) is 0 Å². The average Bonchev–Trinajstić information content (AvgIpc) is 2.79. The smallest absolute Gasteiger partial charge is 0.251 e. The number of pyridine rings is 1. The first-order valence-corrected chi connectivity index (χ1v) is 7.08. The predicted octanol–water partition coefficient (Wildman–Crippen LogP) is 2.70. The first-order chi connectivity index (χ1) is 9.77. The van der Waals surface area contributed by atoms with Crippen molar-refractivity contribution in [2.24, 2.45) is 7.05 Å². The Morgan fingerprint density at radius 3 is 2.67 bits per heavy atom. The predicted molar refractivity (Wildman–Crippen MR) is 82.3 cm³/mol. The Hall–Kier alpha value is -1.88. The zero-order valence-electron chi connectivity index (χ0n) is 12.6. The first-order valence-electron chi connectivity index (χ1n) is 6.70. The van der Waals surface area contributed by atoms with E-state index in [9.17, 15) is 4.79 Å². The normalized spacial score (nSPS) is 11.5. The van der Waals surface area contributed by atoms with E-state index in [1.54, 1.807) is 23.0 Å². The van der Waals surface area contributed by atoms with Crippen LogP contribution < -0.4 is 5.32 Å². The van der Waals surface area contributed by atoms with E-state index in [0.29, 0.717) is 17.3 Å². The van der Waals surface area contributed by atoms with Crippen molar-refractivity contribution in [3.63, 3.8) is 0 Å². The van der Waals surface area contributed by atoms with Gasteiger partial charge in [0.25, 0.3) is 5.91 Å². The molecule has 0 unspecified atom stereocenters. The number of aromatic nitrogens is 3. The molecule has 1 N–H and O–H groups in total. The minimum absolute atomic E-state index is 0.165. The Kier molecular flexibility index (Phi) is 4.32. The Balaban J connectivity index is 2.16. The summed E-state index contributed by atoms with van der Waals surface area (Å²) in [6, 6.07) is 5.22. The maximum atomic E-state index is 12.3. The molecule has 21 heavy (non-hydrogen) atoms. The number of carbonyl (C=O) groups is 1. The third kappa shape index (κ3) is 3.82. The highest BCUT2D eigenvalue weighted by Gasteiger charge is 2.19. The highest BCUT2D eigenvalue weighted by atomic mass is 35.5. The van der Waals surface area contributed by atoms with Gasteiger partial charge in [-0.25, -0.2) is 4.98 Å². The van der Waals surface area contributed by atoms with Crippen LogP contribution in [0.2, 0.25) is 5.15 Å². The van der Waals surface area contributed by atoms with Gasteiger partial charge in [-0.3, -0.25) is 9.48 Å². The molecule has 2 aromatic heterocycles. The molecule has 0 aliphatic carbocycles. The van der Waals surface area contributed by atoms with E-state index in [-0.39, 0.29) is 11.3 Å². The fraction of sp³-hybridized carbons (Fsp3) is 0.400. The molecule has 0 aliphatic heterocycles. The summed E-state index contributed by atoms with van der Waals surface area (Å²) < 4.78 is 1.72. The van der Waals surface area contributed by atoms with Crippen molar-refractivity contribution in [2.75, 3.05) is 0 Å². The molecule has 1 amide bonds. The number of carbonyl (C=O) groups excluding carboxylic acids is 1. The van der Waals surface area contributed by atoms with Gasteiger partial charge in [0.15, 0.2) is 0 Å². The number of hydrogen-bond acceptors (Lipinski definition) is 3. The van der Waals surface area contributed by atoms with Crippen molar-refractivity contribution in [1.82, 2.24) is 20.1 Å². The second-order valence-electron chi connectivity index (χ2n) is 5.94. The summed E-state index contributed by atoms with van der Waals surface area (Å²) in [5.74, 6) is -0.175. The number of rotatable bonds is 3. The highest BCUT2D eigenvalue weighted by Crippen LogP contribution is 2.23. The van der Waals surface area contributed by atoms with E-state index in [1.807, 2.05) is 33.9 Å². The fourth-order valence-corrected chi connectivity index (χ4v) is 2.07. The lowest BCUT2D eigenvalue weighted by Crippen LogP contribution is -2.25. The summed E-state index contributed by atoms with van der Waals surface area (Å²) in [7, 11) is 1.84. The van der Waals surface area contributed by atoms with Crippen molar-refractivity contribution in [3.05, 3.63) is 46.5 Å². The summed E-state index contributed by atoms with van der Waals surface area (Å²) in [4.78, 5) is 16.5. The number of nitrogens with zero attached hydrogens (tertiary/aromatic N) is 3. The van der Waals surface area contributed by atoms with E-state index in [4.69, 9.17) is 11.6 Å². The Morgan fingerprint density at radius 2 is 2.10 bits per heavy atom. The number of aryl methyl sites for hydroxylation is 1. The van der Waals surface area contributed by atoms with Crippen molar-refractivity contribution in [1.29, 1.82) is 0 Å². The molecule has 0 radical (unpaired) electrons. The molecule has 5 nitrogen and oxygen atoms in total. The van der Waals surface area contributed by atoms with Gasteiger partial charge in [-0.2, -0.15) is 5.10 Å². The summed E-state index contributed by atoms with van der Waals surface area (Å²) in [6.07, 6.45) is 1.70. The van der Waals surface area contributed by atoms with Crippen LogP contribution in [0.15, 0.2) is 24.4 Å². The molecule has 2 heterocycles. The molecule has 0 aliphatic rings. The molecule has 112 valence electrons. The summed E-state index contributed by atoms with van der Waals surface area (Å²) >= 11 is 6.02. The van der Waals surface area contributed by atoms with Crippen LogP contribution in [-0.2, 0) is 19.0 Å². The van der Waals surface area contributed by atoms with Crippen LogP contribution in [-0.4, -0.2) is 20.7 Å². The number of hydrogen-bond donors (Lipinski definition) is 1. The molecule has 0 spiro atoms. The SMILES string of the molecule is Cn1nccc1CNC(=O)c1cc(Cl)nc(C(C)(C)C)c1. The van der Waals surface area contributed by atoms with E-state index in [2.05, 4.69) is 15.4 Å². The lowest BCUT2D eigenvalue weighted by molar-refractivity contribution is 0.0949. The van der Waals surface area contributed by atoms with Crippen LogP contribution in [0, 0.1) is 0 Å². The summed E-state index contributed by atoms with van der Waals surface area (Å²) in [6.45, 7) is 6.51. The van der Waals surface area contributed by atoms with Crippen molar-refractivity contribution >= 4 is 17.5 Å². The van der Waals surface area contributed by atoms with Gasteiger partial charge in [0, 0.05) is 29.9 Å². The van der Waals surface area contributed by atoms with Gasteiger partial charge >= 0.3 is 0 Å². The zero-order valence-corrected chi connectivity index (χ0v) is 13.4.